The van der Waals surface area contributed by atoms with Crippen LogP contribution in [-0.2, 0) is 16.0 Å². The lowest BCUT2D eigenvalue weighted by Crippen LogP contribution is -2.28. The van der Waals surface area contributed by atoms with Gasteiger partial charge in [-0.3, -0.25) is 9.78 Å². The summed E-state index contributed by atoms with van der Waals surface area (Å²) in [6.07, 6.45) is 4.16. The van der Waals surface area contributed by atoms with Crippen molar-refractivity contribution in [2.45, 2.75) is 39.7 Å². The summed E-state index contributed by atoms with van der Waals surface area (Å²) in [5.74, 6) is -0.272. The summed E-state index contributed by atoms with van der Waals surface area (Å²) in [5, 5.41) is 0. The summed E-state index contributed by atoms with van der Waals surface area (Å²) >= 11 is 0. The Bertz CT molecular complexity index is 341. The van der Waals surface area contributed by atoms with Gasteiger partial charge in [0.15, 0.2) is 0 Å². The van der Waals surface area contributed by atoms with E-state index in [0.717, 1.165) is 5.56 Å². The lowest BCUT2D eigenvalue weighted by Gasteiger charge is -2.22. The molecule has 1 rings (SSSR count). The molecule has 0 aliphatic carbocycles. The number of carbonyl (C=O) groups is 1. The van der Waals surface area contributed by atoms with Crippen LogP contribution in [0.25, 0.3) is 0 Å². The first-order valence-electron chi connectivity index (χ1n) is 5.50. The molecule has 0 amide bonds. The molecule has 0 saturated heterocycles. The molecule has 0 aliphatic rings. The third-order valence-electron chi connectivity index (χ3n) is 2.10. The van der Waals surface area contributed by atoms with Gasteiger partial charge in [-0.15, -0.1) is 0 Å². The zero-order chi connectivity index (χ0) is 12.2. The van der Waals surface area contributed by atoms with Gasteiger partial charge in [-0.25, -0.2) is 0 Å². The summed E-state index contributed by atoms with van der Waals surface area (Å²) in [6, 6.07) is 3.84. The quantitative estimate of drug-likeness (QED) is 0.736. The van der Waals surface area contributed by atoms with Crippen molar-refractivity contribution in [2.75, 3.05) is 0 Å². The maximum Gasteiger partial charge on any atom is 0.309 e. The Hall–Kier alpha value is -1.38. The molecule has 0 aromatic carbocycles. The molecule has 16 heavy (non-hydrogen) atoms. The highest BCUT2D eigenvalue weighted by atomic mass is 16.6. The van der Waals surface area contributed by atoms with Crippen LogP contribution in [0.3, 0.4) is 0 Å². The molecule has 88 valence electrons. The highest BCUT2D eigenvalue weighted by Crippen LogP contribution is 2.14. The highest BCUT2D eigenvalue weighted by Gasteiger charge is 2.21. The molecule has 1 aromatic heterocycles. The van der Waals surface area contributed by atoms with Crippen LogP contribution in [0.2, 0.25) is 0 Å². The molecule has 0 radical (unpaired) electrons. The molecule has 0 bridgehead atoms. The van der Waals surface area contributed by atoms with E-state index in [0.29, 0.717) is 6.42 Å². The van der Waals surface area contributed by atoms with Crippen LogP contribution in [0.4, 0.5) is 0 Å². The zero-order valence-corrected chi connectivity index (χ0v) is 10.4. The topological polar surface area (TPSA) is 39.2 Å². The Morgan fingerprint density at radius 3 is 2.44 bits per heavy atom. The Morgan fingerprint density at radius 1 is 1.38 bits per heavy atom. The molecule has 3 heteroatoms. The smallest absolute Gasteiger partial charge is 0.309 e. The molecule has 1 atom stereocenters. The number of carbonyl (C=O) groups excluding carboxylic acids is 1. The van der Waals surface area contributed by atoms with Gasteiger partial charge in [0, 0.05) is 12.4 Å². The Kier molecular flexibility index (Phi) is 4.05. The van der Waals surface area contributed by atoms with Crippen LogP contribution in [0.5, 0.6) is 0 Å². The minimum atomic E-state index is -0.413. The first-order valence-corrected chi connectivity index (χ1v) is 5.50. The van der Waals surface area contributed by atoms with Gasteiger partial charge in [0.25, 0.3) is 0 Å². The van der Waals surface area contributed by atoms with E-state index in [1.54, 1.807) is 12.4 Å². The van der Waals surface area contributed by atoms with Crippen molar-refractivity contribution < 1.29 is 9.53 Å². The summed E-state index contributed by atoms with van der Waals surface area (Å²) in [4.78, 5) is 15.7. The molecule has 0 N–H and O–H groups in total. The third kappa shape index (κ3) is 4.43. The number of pyridine rings is 1. The SMILES string of the molecule is CC(Cc1ccncc1)C(=O)OC(C)(C)C. The van der Waals surface area contributed by atoms with Gasteiger partial charge < -0.3 is 4.74 Å². The molecule has 0 saturated carbocycles. The lowest BCUT2D eigenvalue weighted by molar-refractivity contribution is -0.159. The second-order valence-corrected chi connectivity index (χ2v) is 4.99. The fraction of sp³-hybridized carbons (Fsp3) is 0.538. The Labute approximate surface area is 96.8 Å². The minimum absolute atomic E-state index is 0.123. The average molecular weight is 221 g/mol. The molecular weight excluding hydrogens is 202 g/mol. The second-order valence-electron chi connectivity index (χ2n) is 4.99. The monoisotopic (exact) mass is 221 g/mol. The number of esters is 1. The van der Waals surface area contributed by atoms with E-state index >= 15 is 0 Å². The number of hydrogen-bond acceptors (Lipinski definition) is 3. The average Bonchev–Trinajstić information content (AvgIpc) is 2.16. The van der Waals surface area contributed by atoms with Gasteiger partial charge in [-0.1, -0.05) is 6.92 Å². The summed E-state index contributed by atoms with van der Waals surface area (Å²) in [6.45, 7) is 7.52. The van der Waals surface area contributed by atoms with Crippen molar-refractivity contribution in [1.82, 2.24) is 4.98 Å². The maximum absolute atomic E-state index is 11.7. The van der Waals surface area contributed by atoms with Crippen molar-refractivity contribution in [3.8, 4) is 0 Å². The molecule has 0 aliphatic heterocycles. The van der Waals surface area contributed by atoms with Gasteiger partial charge in [-0.05, 0) is 44.9 Å². The lowest BCUT2D eigenvalue weighted by atomic mass is 10.0. The van der Waals surface area contributed by atoms with E-state index in [1.165, 1.54) is 0 Å². The Morgan fingerprint density at radius 2 is 1.94 bits per heavy atom. The van der Waals surface area contributed by atoms with Crippen molar-refractivity contribution >= 4 is 5.97 Å². The molecule has 1 aromatic rings. The molecule has 1 unspecified atom stereocenters. The minimum Gasteiger partial charge on any atom is -0.460 e. The fourth-order valence-electron chi connectivity index (χ4n) is 1.36. The van der Waals surface area contributed by atoms with E-state index in [-0.39, 0.29) is 11.9 Å². The van der Waals surface area contributed by atoms with E-state index in [4.69, 9.17) is 4.74 Å². The van der Waals surface area contributed by atoms with Crippen LogP contribution in [0.1, 0.15) is 33.3 Å². The van der Waals surface area contributed by atoms with E-state index in [9.17, 15) is 4.79 Å². The van der Waals surface area contributed by atoms with Crippen LogP contribution < -0.4 is 0 Å². The van der Waals surface area contributed by atoms with Crippen LogP contribution in [0, 0.1) is 5.92 Å². The third-order valence-corrected chi connectivity index (χ3v) is 2.10. The van der Waals surface area contributed by atoms with E-state index in [1.807, 2.05) is 39.8 Å². The number of ether oxygens (including phenoxy) is 1. The molecule has 1 heterocycles. The van der Waals surface area contributed by atoms with Crippen molar-refractivity contribution in [3.05, 3.63) is 30.1 Å². The number of hydrogen-bond donors (Lipinski definition) is 0. The molecular formula is C13H19NO2. The van der Waals surface area contributed by atoms with Gasteiger partial charge >= 0.3 is 5.97 Å². The standard InChI is InChI=1S/C13H19NO2/c1-10(12(15)16-13(2,3)4)9-11-5-7-14-8-6-11/h5-8,10H,9H2,1-4H3. The summed E-state index contributed by atoms with van der Waals surface area (Å²) in [7, 11) is 0. The highest BCUT2D eigenvalue weighted by molar-refractivity contribution is 5.72. The number of rotatable bonds is 3. The summed E-state index contributed by atoms with van der Waals surface area (Å²) in [5.41, 5.74) is 0.692. The molecule has 0 spiro atoms. The van der Waals surface area contributed by atoms with Gasteiger partial charge in [0.05, 0.1) is 5.92 Å². The maximum atomic E-state index is 11.7. The predicted octanol–water partition coefficient (Wildman–Crippen LogP) is 2.60. The van der Waals surface area contributed by atoms with E-state index < -0.39 is 5.60 Å². The first-order chi connectivity index (χ1) is 7.38. The van der Waals surface area contributed by atoms with Crippen LogP contribution >= 0.6 is 0 Å². The summed E-state index contributed by atoms with van der Waals surface area (Å²) < 4.78 is 5.32. The largest absolute Gasteiger partial charge is 0.460 e. The molecule has 0 fully saturated rings. The van der Waals surface area contributed by atoms with Gasteiger partial charge in [0.1, 0.15) is 5.60 Å². The second kappa shape index (κ2) is 5.10. The number of nitrogens with zero attached hydrogens (tertiary/aromatic N) is 1. The van der Waals surface area contributed by atoms with Gasteiger partial charge in [-0.2, -0.15) is 0 Å². The zero-order valence-electron chi connectivity index (χ0n) is 10.4. The first kappa shape index (κ1) is 12.7. The normalized spacial score (nSPS) is 13.2. The predicted molar refractivity (Wildman–Crippen MR) is 63.0 cm³/mol. The Balaban J connectivity index is 2.53. The van der Waals surface area contributed by atoms with Gasteiger partial charge in [0.2, 0.25) is 0 Å². The van der Waals surface area contributed by atoms with Crippen molar-refractivity contribution in [1.29, 1.82) is 0 Å². The van der Waals surface area contributed by atoms with Crippen LogP contribution in [-0.4, -0.2) is 16.6 Å². The fourth-order valence-corrected chi connectivity index (χ4v) is 1.36. The van der Waals surface area contributed by atoms with Crippen molar-refractivity contribution in [3.63, 3.8) is 0 Å². The van der Waals surface area contributed by atoms with Crippen molar-refractivity contribution in [2.24, 2.45) is 5.92 Å². The number of aromatic nitrogens is 1. The van der Waals surface area contributed by atoms with E-state index in [2.05, 4.69) is 4.98 Å². The molecule has 3 nitrogen and oxygen atoms in total. The van der Waals surface area contributed by atoms with Crippen LogP contribution in [0.15, 0.2) is 24.5 Å².